The molecule has 2 heterocycles. The zero-order valence-corrected chi connectivity index (χ0v) is 16.1. The van der Waals surface area contributed by atoms with Crippen molar-refractivity contribution < 1.29 is 9.59 Å². The molecule has 0 radical (unpaired) electrons. The number of H-pyrrole nitrogens is 1. The van der Waals surface area contributed by atoms with Crippen molar-refractivity contribution in [1.82, 2.24) is 19.8 Å². The lowest BCUT2D eigenvalue weighted by molar-refractivity contribution is -0.130. The van der Waals surface area contributed by atoms with Crippen LogP contribution in [0.1, 0.15) is 34.1 Å². The number of carbonyl (C=O) groups is 2. The number of piperazine rings is 1. The first-order chi connectivity index (χ1) is 12.8. The lowest BCUT2D eigenvalue weighted by Gasteiger charge is -2.34. The molecule has 7 nitrogen and oxygen atoms in total. The highest BCUT2D eigenvalue weighted by molar-refractivity contribution is 5.93. The molecule has 142 valence electrons. The Morgan fingerprint density at radius 1 is 0.963 bits per heavy atom. The molecule has 0 unspecified atom stereocenters. The summed E-state index contributed by atoms with van der Waals surface area (Å²) in [6.45, 7) is 9.38. The van der Waals surface area contributed by atoms with Crippen molar-refractivity contribution in [3.05, 3.63) is 51.1 Å². The van der Waals surface area contributed by atoms with E-state index in [9.17, 15) is 14.4 Å². The van der Waals surface area contributed by atoms with Crippen molar-refractivity contribution in [3.63, 3.8) is 0 Å². The molecule has 1 aliphatic heterocycles. The number of nitrogens with one attached hydrogen (secondary N) is 1. The van der Waals surface area contributed by atoms with Crippen LogP contribution >= 0.6 is 0 Å². The maximum absolute atomic E-state index is 12.9. The van der Waals surface area contributed by atoms with Gasteiger partial charge in [-0.2, -0.15) is 4.98 Å². The Morgan fingerprint density at radius 2 is 1.52 bits per heavy atom. The zero-order chi connectivity index (χ0) is 19.7. The Hall–Kier alpha value is -2.96. The third-order valence-corrected chi connectivity index (χ3v) is 4.92. The molecule has 1 aromatic carbocycles. The molecule has 1 aliphatic rings. The zero-order valence-electron chi connectivity index (χ0n) is 16.1. The maximum atomic E-state index is 12.9. The van der Waals surface area contributed by atoms with E-state index in [0.717, 1.165) is 22.3 Å². The van der Waals surface area contributed by atoms with Crippen molar-refractivity contribution >= 4 is 11.8 Å². The molecule has 0 aliphatic carbocycles. The van der Waals surface area contributed by atoms with E-state index in [1.54, 1.807) is 15.9 Å². The number of aromatic nitrogens is 2. The summed E-state index contributed by atoms with van der Waals surface area (Å²) in [5.41, 5.74) is 4.22. The summed E-state index contributed by atoms with van der Waals surface area (Å²) >= 11 is 0. The summed E-state index contributed by atoms with van der Waals surface area (Å²) < 4.78 is 0. The number of rotatable bonds is 2. The van der Waals surface area contributed by atoms with Crippen LogP contribution in [-0.2, 0) is 4.79 Å². The number of aromatic amines is 1. The van der Waals surface area contributed by atoms with Gasteiger partial charge in [0.25, 0.3) is 5.91 Å². The Bertz CT molecular complexity index is 933. The van der Waals surface area contributed by atoms with Crippen LogP contribution in [0, 0.1) is 20.8 Å². The Labute approximate surface area is 158 Å². The minimum absolute atomic E-state index is 0.00650. The standard InChI is InChI=1S/C20H24N4O3/c1-12-9-13(2)18(14(3)10-12)16-11-17(22-20(27)21-16)19(26)24-7-5-23(6-8-24)15(4)25/h9-11H,5-8H2,1-4H3,(H,21,22,27). The fourth-order valence-corrected chi connectivity index (χ4v) is 3.68. The van der Waals surface area contributed by atoms with E-state index in [2.05, 4.69) is 9.97 Å². The van der Waals surface area contributed by atoms with Crippen molar-refractivity contribution in [3.8, 4) is 11.3 Å². The minimum atomic E-state index is -0.544. The summed E-state index contributed by atoms with van der Waals surface area (Å²) in [4.78, 5) is 46.4. The van der Waals surface area contributed by atoms with E-state index >= 15 is 0 Å². The van der Waals surface area contributed by atoms with Crippen molar-refractivity contribution in [2.75, 3.05) is 26.2 Å². The van der Waals surface area contributed by atoms with Crippen molar-refractivity contribution in [2.45, 2.75) is 27.7 Å². The molecule has 1 fully saturated rings. The molecule has 0 bridgehead atoms. The highest BCUT2D eigenvalue weighted by atomic mass is 16.2. The van der Waals surface area contributed by atoms with Gasteiger partial charge in [-0.3, -0.25) is 9.59 Å². The summed E-state index contributed by atoms with van der Waals surface area (Å²) in [7, 11) is 0. The highest BCUT2D eigenvalue weighted by Crippen LogP contribution is 2.26. The molecular weight excluding hydrogens is 344 g/mol. The van der Waals surface area contributed by atoms with Crippen molar-refractivity contribution in [2.24, 2.45) is 0 Å². The molecule has 0 atom stereocenters. The summed E-state index contributed by atoms with van der Waals surface area (Å²) in [5.74, 6) is -0.242. The molecule has 1 saturated heterocycles. The number of nitrogens with zero attached hydrogens (tertiary/aromatic N) is 3. The molecule has 2 amide bonds. The fourth-order valence-electron chi connectivity index (χ4n) is 3.68. The molecular formula is C20H24N4O3. The topological polar surface area (TPSA) is 86.4 Å². The van der Waals surface area contributed by atoms with Gasteiger partial charge in [0.1, 0.15) is 5.69 Å². The van der Waals surface area contributed by atoms with Gasteiger partial charge in [0.2, 0.25) is 5.91 Å². The van der Waals surface area contributed by atoms with E-state index in [0.29, 0.717) is 31.9 Å². The van der Waals surface area contributed by atoms with Crippen LogP contribution in [0.2, 0.25) is 0 Å². The van der Waals surface area contributed by atoms with Crippen LogP contribution < -0.4 is 5.69 Å². The van der Waals surface area contributed by atoms with Gasteiger partial charge in [0, 0.05) is 38.7 Å². The first kappa shape index (κ1) is 18.8. The van der Waals surface area contributed by atoms with Gasteiger partial charge in [-0.25, -0.2) is 4.79 Å². The van der Waals surface area contributed by atoms with Gasteiger partial charge in [-0.15, -0.1) is 0 Å². The first-order valence-electron chi connectivity index (χ1n) is 9.00. The Kier molecular flexibility index (Phi) is 5.12. The predicted molar refractivity (Wildman–Crippen MR) is 103 cm³/mol. The molecule has 7 heteroatoms. The average Bonchev–Trinajstić information content (AvgIpc) is 2.60. The quantitative estimate of drug-likeness (QED) is 0.874. The van der Waals surface area contributed by atoms with E-state index < -0.39 is 5.69 Å². The molecule has 3 rings (SSSR count). The third-order valence-electron chi connectivity index (χ3n) is 4.92. The summed E-state index contributed by atoms with van der Waals surface area (Å²) in [6.07, 6.45) is 0. The van der Waals surface area contributed by atoms with Crippen LogP contribution in [0.25, 0.3) is 11.3 Å². The molecule has 0 spiro atoms. The number of aryl methyl sites for hydroxylation is 3. The van der Waals surface area contributed by atoms with E-state index in [-0.39, 0.29) is 17.5 Å². The Balaban J connectivity index is 1.92. The molecule has 27 heavy (non-hydrogen) atoms. The normalized spacial score (nSPS) is 14.4. The highest BCUT2D eigenvalue weighted by Gasteiger charge is 2.24. The second kappa shape index (κ2) is 7.34. The smallest absolute Gasteiger partial charge is 0.339 e. The SMILES string of the molecule is CC(=O)N1CCN(C(=O)c2cc(-c3c(C)cc(C)cc3C)nc(=O)[nH]2)CC1. The van der Waals surface area contributed by atoms with Gasteiger partial charge in [0.05, 0.1) is 5.69 Å². The van der Waals surface area contributed by atoms with Crippen LogP contribution in [0.15, 0.2) is 23.0 Å². The summed E-state index contributed by atoms with van der Waals surface area (Å²) in [6, 6.07) is 5.72. The van der Waals surface area contributed by atoms with Gasteiger partial charge < -0.3 is 14.8 Å². The van der Waals surface area contributed by atoms with E-state index in [4.69, 9.17) is 0 Å². The fraction of sp³-hybridized carbons (Fsp3) is 0.400. The van der Waals surface area contributed by atoms with E-state index in [1.807, 2.05) is 32.9 Å². The lowest BCUT2D eigenvalue weighted by Crippen LogP contribution is -2.50. The van der Waals surface area contributed by atoms with Gasteiger partial charge >= 0.3 is 5.69 Å². The average molecular weight is 368 g/mol. The van der Waals surface area contributed by atoms with Crippen LogP contribution in [0.4, 0.5) is 0 Å². The molecule has 2 aromatic rings. The van der Waals surface area contributed by atoms with Crippen LogP contribution in [-0.4, -0.2) is 57.8 Å². The number of carbonyl (C=O) groups excluding carboxylic acids is 2. The summed E-state index contributed by atoms with van der Waals surface area (Å²) in [5, 5.41) is 0. The second-order valence-electron chi connectivity index (χ2n) is 7.06. The van der Waals surface area contributed by atoms with Crippen LogP contribution in [0.3, 0.4) is 0 Å². The predicted octanol–water partition coefficient (Wildman–Crippen LogP) is 1.67. The maximum Gasteiger partial charge on any atom is 0.346 e. The number of hydrogen-bond acceptors (Lipinski definition) is 4. The first-order valence-corrected chi connectivity index (χ1v) is 9.00. The van der Waals surface area contributed by atoms with Gasteiger partial charge in [-0.05, 0) is 38.0 Å². The lowest BCUT2D eigenvalue weighted by atomic mass is 9.97. The Morgan fingerprint density at radius 3 is 2.07 bits per heavy atom. The number of benzene rings is 1. The third kappa shape index (κ3) is 3.92. The second-order valence-corrected chi connectivity index (χ2v) is 7.06. The molecule has 0 saturated carbocycles. The minimum Gasteiger partial charge on any atom is -0.339 e. The van der Waals surface area contributed by atoms with Crippen LogP contribution in [0.5, 0.6) is 0 Å². The monoisotopic (exact) mass is 368 g/mol. The molecule has 1 aromatic heterocycles. The largest absolute Gasteiger partial charge is 0.346 e. The number of amides is 2. The van der Waals surface area contributed by atoms with Crippen molar-refractivity contribution in [1.29, 1.82) is 0 Å². The van der Waals surface area contributed by atoms with Gasteiger partial charge in [-0.1, -0.05) is 17.7 Å². The molecule has 1 N–H and O–H groups in total. The van der Waals surface area contributed by atoms with E-state index in [1.165, 1.54) is 6.92 Å². The number of hydrogen-bond donors (Lipinski definition) is 1. The van der Waals surface area contributed by atoms with Gasteiger partial charge in [0.15, 0.2) is 0 Å².